The Morgan fingerprint density at radius 3 is 2.48 bits per heavy atom. The van der Waals surface area contributed by atoms with Crippen LogP contribution in [-0.4, -0.2) is 45.7 Å². The predicted molar refractivity (Wildman–Crippen MR) is 107 cm³/mol. The molecule has 0 amide bonds. The molecule has 9 nitrogen and oxygen atoms in total. The minimum absolute atomic E-state index is 0.0717. The summed E-state index contributed by atoms with van der Waals surface area (Å²) in [4.78, 5) is 26.1. The average Bonchev–Trinajstić information content (AvgIpc) is 3.26. The van der Waals surface area contributed by atoms with Gasteiger partial charge in [0.25, 0.3) is 0 Å². The van der Waals surface area contributed by atoms with Crippen LogP contribution in [0.4, 0.5) is 10.3 Å². The highest BCUT2D eigenvalue weighted by molar-refractivity contribution is 6.14. The lowest BCUT2D eigenvalue weighted by molar-refractivity contribution is -0.136. The maximum Gasteiger partial charge on any atom is 0.355 e. The van der Waals surface area contributed by atoms with E-state index in [0.717, 1.165) is 0 Å². The highest BCUT2D eigenvalue weighted by Crippen LogP contribution is 2.37. The van der Waals surface area contributed by atoms with Crippen LogP contribution in [0, 0.1) is 5.82 Å². The van der Waals surface area contributed by atoms with Crippen LogP contribution in [0.25, 0.3) is 0 Å². The van der Waals surface area contributed by atoms with Gasteiger partial charge in [0.2, 0.25) is 5.95 Å². The number of tetrazole rings is 1. The smallest absolute Gasteiger partial charge is 0.355 e. The summed E-state index contributed by atoms with van der Waals surface area (Å²) in [6.45, 7) is 2.38. The molecule has 1 N–H and O–H groups in total. The van der Waals surface area contributed by atoms with Crippen LogP contribution in [0.5, 0.6) is 5.75 Å². The molecule has 0 unspecified atom stereocenters. The summed E-state index contributed by atoms with van der Waals surface area (Å²) in [6.07, 6.45) is 0. The van der Waals surface area contributed by atoms with Crippen molar-refractivity contribution in [1.82, 2.24) is 20.2 Å². The van der Waals surface area contributed by atoms with E-state index >= 15 is 0 Å². The first-order chi connectivity index (χ1) is 15.0. The number of halogens is 1. The third-order valence-electron chi connectivity index (χ3n) is 4.76. The van der Waals surface area contributed by atoms with Crippen LogP contribution >= 0.6 is 0 Å². The summed E-state index contributed by atoms with van der Waals surface area (Å²) >= 11 is 0. The van der Waals surface area contributed by atoms with Gasteiger partial charge in [0, 0.05) is 5.56 Å². The number of esters is 1. The van der Waals surface area contributed by atoms with Crippen LogP contribution in [-0.2, 0) is 9.53 Å². The maximum absolute atomic E-state index is 13.5. The Morgan fingerprint density at radius 1 is 1.13 bits per heavy atom. The van der Waals surface area contributed by atoms with E-state index in [4.69, 9.17) is 9.47 Å². The number of fused-ring (bicyclic) bond motifs is 1. The minimum atomic E-state index is -0.825. The molecule has 2 aromatic carbocycles. The molecule has 10 heteroatoms. The van der Waals surface area contributed by atoms with Gasteiger partial charge in [-0.25, -0.2) is 9.18 Å². The van der Waals surface area contributed by atoms with Crippen molar-refractivity contribution in [3.63, 3.8) is 0 Å². The van der Waals surface area contributed by atoms with E-state index in [9.17, 15) is 14.0 Å². The number of nitrogens with one attached hydrogen (secondary N) is 1. The van der Waals surface area contributed by atoms with Gasteiger partial charge in [-0.15, -0.1) is 0 Å². The SMILES string of the molecule is CCOc1ccc([C@@H]2C(C(=O)c3ccc(F)cc3)=C(C(=O)OC)Nc3nnnn32)cc1. The fraction of sp³-hybridized carbons (Fsp3) is 0.190. The van der Waals surface area contributed by atoms with Crippen molar-refractivity contribution in [1.29, 1.82) is 0 Å². The van der Waals surface area contributed by atoms with Crippen LogP contribution < -0.4 is 10.1 Å². The summed E-state index contributed by atoms with van der Waals surface area (Å²) in [7, 11) is 1.21. The zero-order chi connectivity index (χ0) is 22.0. The van der Waals surface area contributed by atoms with Gasteiger partial charge in [-0.05, 0) is 59.3 Å². The Balaban J connectivity index is 1.89. The summed E-state index contributed by atoms with van der Waals surface area (Å²) in [6, 6.07) is 11.3. The Labute approximate surface area is 176 Å². The lowest BCUT2D eigenvalue weighted by Crippen LogP contribution is -2.32. The van der Waals surface area contributed by atoms with Crippen LogP contribution in [0.1, 0.15) is 28.9 Å². The molecule has 1 atom stereocenters. The second kappa shape index (κ2) is 8.34. The van der Waals surface area contributed by atoms with Gasteiger partial charge in [-0.2, -0.15) is 4.68 Å². The van der Waals surface area contributed by atoms with E-state index in [-0.39, 0.29) is 22.8 Å². The van der Waals surface area contributed by atoms with E-state index in [1.165, 1.54) is 36.1 Å². The highest BCUT2D eigenvalue weighted by atomic mass is 19.1. The van der Waals surface area contributed by atoms with Gasteiger partial charge in [0.1, 0.15) is 23.3 Å². The van der Waals surface area contributed by atoms with Crippen LogP contribution in [0.3, 0.4) is 0 Å². The number of nitrogens with zero attached hydrogens (tertiary/aromatic N) is 4. The van der Waals surface area contributed by atoms with Gasteiger partial charge >= 0.3 is 5.97 Å². The van der Waals surface area contributed by atoms with E-state index in [1.807, 2.05) is 6.92 Å². The first-order valence-electron chi connectivity index (χ1n) is 9.44. The normalized spacial score (nSPS) is 15.1. The van der Waals surface area contributed by atoms with Crippen molar-refractivity contribution >= 4 is 17.7 Å². The number of anilines is 1. The van der Waals surface area contributed by atoms with Crippen molar-refractivity contribution in [2.45, 2.75) is 13.0 Å². The van der Waals surface area contributed by atoms with Crippen molar-refractivity contribution in [3.05, 3.63) is 76.7 Å². The molecule has 0 saturated heterocycles. The molecule has 0 aliphatic carbocycles. The Hall–Kier alpha value is -4.08. The molecular weight excluding hydrogens is 405 g/mol. The molecule has 158 valence electrons. The Kier molecular flexibility index (Phi) is 5.44. The third kappa shape index (κ3) is 3.75. The van der Waals surface area contributed by atoms with Crippen molar-refractivity contribution < 1.29 is 23.5 Å². The lowest BCUT2D eigenvalue weighted by Gasteiger charge is -2.28. The van der Waals surface area contributed by atoms with Gasteiger partial charge in [0.15, 0.2) is 5.78 Å². The van der Waals surface area contributed by atoms with Crippen LogP contribution in [0.15, 0.2) is 59.8 Å². The van der Waals surface area contributed by atoms with Crippen molar-refractivity contribution in [2.75, 3.05) is 19.0 Å². The number of hydrogen-bond acceptors (Lipinski definition) is 8. The van der Waals surface area contributed by atoms with Crippen LogP contribution in [0.2, 0.25) is 0 Å². The molecule has 31 heavy (non-hydrogen) atoms. The fourth-order valence-electron chi connectivity index (χ4n) is 3.37. The second-order valence-electron chi connectivity index (χ2n) is 6.59. The van der Waals surface area contributed by atoms with Gasteiger partial charge in [-0.1, -0.05) is 17.2 Å². The largest absolute Gasteiger partial charge is 0.494 e. The van der Waals surface area contributed by atoms with E-state index in [2.05, 4.69) is 20.8 Å². The summed E-state index contributed by atoms with van der Waals surface area (Å²) in [5.41, 5.74) is 0.831. The number of carbonyl (C=O) groups excluding carboxylic acids is 2. The number of ether oxygens (including phenoxy) is 2. The number of benzene rings is 2. The predicted octanol–water partition coefficient (Wildman–Crippen LogP) is 2.54. The third-order valence-corrected chi connectivity index (χ3v) is 4.76. The van der Waals surface area contributed by atoms with E-state index < -0.39 is 23.6 Å². The number of ketones is 1. The molecule has 0 bridgehead atoms. The standard InChI is InChI=1S/C21H18FN5O4/c1-3-31-15-10-6-12(7-11-15)18-16(19(28)13-4-8-14(22)9-5-13)17(20(29)30-2)23-21-24-25-26-27(18)21/h4-11,18H,3H2,1-2H3,(H,23,24,26)/t18-/m1/s1. The quantitative estimate of drug-likeness (QED) is 0.476. The molecule has 0 fully saturated rings. The average molecular weight is 423 g/mol. The summed E-state index contributed by atoms with van der Waals surface area (Å²) in [5.74, 6) is -0.898. The molecule has 1 aliphatic rings. The second-order valence-corrected chi connectivity index (χ2v) is 6.59. The summed E-state index contributed by atoms with van der Waals surface area (Å²) < 4.78 is 25.2. The molecule has 0 saturated carbocycles. The zero-order valence-corrected chi connectivity index (χ0v) is 16.7. The molecule has 0 radical (unpaired) electrons. The number of carbonyl (C=O) groups is 2. The van der Waals surface area contributed by atoms with Crippen molar-refractivity contribution in [3.8, 4) is 5.75 Å². The zero-order valence-electron chi connectivity index (χ0n) is 16.7. The first-order valence-corrected chi connectivity index (χ1v) is 9.44. The molecule has 1 aliphatic heterocycles. The number of methoxy groups -OCH3 is 1. The molecule has 1 aromatic heterocycles. The van der Waals surface area contributed by atoms with E-state index in [1.54, 1.807) is 24.3 Å². The number of Topliss-reactive ketones (excluding diaryl/α,β-unsaturated/α-hetero) is 1. The lowest BCUT2D eigenvalue weighted by atomic mass is 9.89. The minimum Gasteiger partial charge on any atom is -0.494 e. The monoisotopic (exact) mass is 423 g/mol. The topological polar surface area (TPSA) is 108 Å². The molecule has 0 spiro atoms. The Bertz CT molecular complexity index is 1160. The van der Waals surface area contributed by atoms with Gasteiger partial charge < -0.3 is 14.8 Å². The molecule has 2 heterocycles. The van der Waals surface area contributed by atoms with Gasteiger partial charge in [-0.3, -0.25) is 4.79 Å². The number of hydrogen-bond donors (Lipinski definition) is 1. The fourth-order valence-corrected chi connectivity index (χ4v) is 3.37. The molecule has 4 rings (SSSR count). The number of rotatable bonds is 6. The molecular formula is C21H18FN5O4. The summed E-state index contributed by atoms with van der Waals surface area (Å²) in [5, 5.41) is 14.3. The van der Waals surface area contributed by atoms with Gasteiger partial charge in [0.05, 0.1) is 19.3 Å². The first kappa shape index (κ1) is 20.2. The van der Waals surface area contributed by atoms with E-state index in [0.29, 0.717) is 17.9 Å². The van der Waals surface area contributed by atoms with Crippen molar-refractivity contribution in [2.24, 2.45) is 0 Å². The maximum atomic E-state index is 13.5. The highest BCUT2D eigenvalue weighted by Gasteiger charge is 2.38. The Morgan fingerprint density at radius 2 is 1.84 bits per heavy atom. The molecule has 3 aromatic rings. The number of allylic oxidation sites excluding steroid dienone is 1. The number of aromatic nitrogens is 4.